The number of allylic oxidation sites excluding steroid dienone is 1. The van der Waals surface area contributed by atoms with Gasteiger partial charge >= 0.3 is 0 Å². The first-order valence-electron chi connectivity index (χ1n) is 9.53. The van der Waals surface area contributed by atoms with E-state index in [0.717, 1.165) is 31.0 Å². The zero-order chi connectivity index (χ0) is 18.5. The lowest BCUT2D eigenvalue weighted by molar-refractivity contribution is 0.184. The van der Waals surface area contributed by atoms with Gasteiger partial charge in [-0.1, -0.05) is 56.8 Å². The smallest absolute Gasteiger partial charge is 0.147 e. The summed E-state index contributed by atoms with van der Waals surface area (Å²) in [6.45, 7) is 10.8. The van der Waals surface area contributed by atoms with Gasteiger partial charge in [-0.25, -0.2) is 4.99 Å². The van der Waals surface area contributed by atoms with Gasteiger partial charge in [0.1, 0.15) is 11.7 Å². The quantitative estimate of drug-likeness (QED) is 0.870. The Balaban J connectivity index is 1.70. The number of rotatable bonds is 5. The molecule has 0 bridgehead atoms. The summed E-state index contributed by atoms with van der Waals surface area (Å²) in [5.74, 6) is 2.59. The van der Waals surface area contributed by atoms with E-state index >= 15 is 0 Å². The summed E-state index contributed by atoms with van der Waals surface area (Å²) in [6, 6.07) is 10.8. The van der Waals surface area contributed by atoms with Gasteiger partial charge in [-0.3, -0.25) is 4.90 Å². The average molecular weight is 351 g/mol. The van der Waals surface area contributed by atoms with Crippen LogP contribution in [0.3, 0.4) is 0 Å². The molecule has 1 fully saturated rings. The number of benzene rings is 1. The lowest BCUT2D eigenvalue weighted by Gasteiger charge is -2.40. The van der Waals surface area contributed by atoms with Crippen LogP contribution in [0.5, 0.6) is 0 Å². The molecule has 0 aliphatic carbocycles. The van der Waals surface area contributed by atoms with Crippen molar-refractivity contribution in [3.8, 4) is 0 Å². The van der Waals surface area contributed by atoms with Crippen LogP contribution in [0.1, 0.15) is 32.3 Å². The molecule has 2 heterocycles. The summed E-state index contributed by atoms with van der Waals surface area (Å²) < 4.78 is 0. The topological polar surface area (TPSA) is 44.9 Å². The Morgan fingerprint density at radius 3 is 2.85 bits per heavy atom. The molecule has 3 rings (SSSR count). The lowest BCUT2D eigenvalue weighted by atomic mass is 9.91. The van der Waals surface area contributed by atoms with Crippen LogP contribution in [-0.4, -0.2) is 28.7 Å². The maximum Gasteiger partial charge on any atom is 0.147 e. The standard InChI is InChI=1S/C22H30N4/c1-17(2)14-21-22(23)24-11-13-26(21)18(3)25-12-7-10-20(16-25)15-19-8-5-4-6-9-19/h4-6,8-9,11,13-14,17,20H,3,7,10,12,15-16H2,1-2H3,(H2,23,24)/b21-14-. The van der Waals surface area contributed by atoms with Crippen molar-refractivity contribution in [3.05, 3.63) is 72.5 Å². The van der Waals surface area contributed by atoms with Crippen LogP contribution in [0.2, 0.25) is 0 Å². The molecule has 4 heteroatoms. The number of hydrogen-bond donors (Lipinski definition) is 1. The molecule has 1 unspecified atom stereocenters. The molecule has 26 heavy (non-hydrogen) atoms. The summed E-state index contributed by atoms with van der Waals surface area (Å²) in [6.07, 6.45) is 9.46. The van der Waals surface area contributed by atoms with Gasteiger partial charge in [-0.15, -0.1) is 0 Å². The predicted octanol–water partition coefficient (Wildman–Crippen LogP) is 4.10. The highest BCUT2D eigenvalue weighted by Gasteiger charge is 2.26. The van der Waals surface area contributed by atoms with Crippen molar-refractivity contribution in [3.63, 3.8) is 0 Å². The lowest BCUT2D eigenvalue weighted by Crippen LogP contribution is -2.42. The van der Waals surface area contributed by atoms with Crippen LogP contribution in [-0.2, 0) is 6.42 Å². The molecular weight excluding hydrogens is 320 g/mol. The summed E-state index contributed by atoms with van der Waals surface area (Å²) in [7, 11) is 0. The maximum atomic E-state index is 6.14. The second-order valence-electron chi connectivity index (χ2n) is 7.54. The Morgan fingerprint density at radius 1 is 1.35 bits per heavy atom. The third-order valence-corrected chi connectivity index (χ3v) is 4.97. The fourth-order valence-corrected chi connectivity index (χ4v) is 3.72. The summed E-state index contributed by atoms with van der Waals surface area (Å²) in [5, 5.41) is 0. The zero-order valence-electron chi connectivity index (χ0n) is 15.9. The van der Waals surface area contributed by atoms with E-state index in [9.17, 15) is 0 Å². The van der Waals surface area contributed by atoms with Crippen molar-refractivity contribution in [1.29, 1.82) is 0 Å². The first-order chi connectivity index (χ1) is 12.5. The molecule has 4 nitrogen and oxygen atoms in total. The maximum absolute atomic E-state index is 6.14. The fraction of sp³-hybridized carbons (Fsp3) is 0.409. The predicted molar refractivity (Wildman–Crippen MR) is 109 cm³/mol. The number of amidine groups is 1. The minimum absolute atomic E-state index is 0.396. The van der Waals surface area contributed by atoms with E-state index in [1.54, 1.807) is 6.20 Å². The van der Waals surface area contributed by atoms with Gasteiger partial charge < -0.3 is 10.6 Å². The number of nitrogens with two attached hydrogens (primary N) is 1. The van der Waals surface area contributed by atoms with Crippen molar-refractivity contribution in [1.82, 2.24) is 9.80 Å². The Bertz CT molecular complexity index is 715. The molecule has 2 aliphatic heterocycles. The number of likely N-dealkylation sites (tertiary alicyclic amines) is 1. The zero-order valence-corrected chi connectivity index (χ0v) is 15.9. The Labute approximate surface area is 157 Å². The molecule has 2 N–H and O–H groups in total. The monoisotopic (exact) mass is 350 g/mol. The van der Waals surface area contributed by atoms with Gasteiger partial charge in [0, 0.05) is 25.5 Å². The van der Waals surface area contributed by atoms with Crippen molar-refractivity contribution in [2.45, 2.75) is 33.1 Å². The van der Waals surface area contributed by atoms with Gasteiger partial charge in [0.15, 0.2) is 0 Å². The number of hydrogen-bond acceptors (Lipinski definition) is 4. The van der Waals surface area contributed by atoms with Crippen LogP contribution in [0.15, 0.2) is 71.9 Å². The van der Waals surface area contributed by atoms with E-state index in [4.69, 9.17) is 5.73 Å². The number of aliphatic imine (C=N–C) groups is 1. The molecule has 138 valence electrons. The Kier molecular flexibility index (Phi) is 5.82. The van der Waals surface area contributed by atoms with Crippen LogP contribution in [0.25, 0.3) is 0 Å². The van der Waals surface area contributed by atoms with Gasteiger partial charge in [0.25, 0.3) is 0 Å². The molecule has 0 saturated carbocycles. The van der Waals surface area contributed by atoms with Gasteiger partial charge in [0.05, 0.1) is 5.70 Å². The fourth-order valence-electron chi connectivity index (χ4n) is 3.72. The first-order valence-corrected chi connectivity index (χ1v) is 9.53. The second kappa shape index (κ2) is 8.26. The Hall–Kier alpha value is -2.49. The van der Waals surface area contributed by atoms with Crippen LogP contribution in [0.4, 0.5) is 0 Å². The molecule has 2 aliphatic rings. The largest absolute Gasteiger partial charge is 0.382 e. The summed E-state index contributed by atoms with van der Waals surface area (Å²) in [5.41, 5.74) is 8.50. The number of nitrogens with zero attached hydrogens (tertiary/aromatic N) is 3. The molecule has 0 radical (unpaired) electrons. The van der Waals surface area contributed by atoms with E-state index in [-0.39, 0.29) is 0 Å². The molecule has 1 atom stereocenters. The normalized spacial score (nSPS) is 22.0. The van der Waals surface area contributed by atoms with E-state index in [2.05, 4.69) is 71.6 Å². The minimum Gasteiger partial charge on any atom is -0.382 e. The molecule has 0 aromatic heterocycles. The van der Waals surface area contributed by atoms with E-state index in [1.165, 1.54) is 18.4 Å². The van der Waals surface area contributed by atoms with E-state index in [1.807, 2.05) is 6.20 Å². The molecule has 0 spiro atoms. The van der Waals surface area contributed by atoms with Crippen LogP contribution >= 0.6 is 0 Å². The molecule has 1 saturated heterocycles. The molecule has 0 amide bonds. The highest BCUT2D eigenvalue weighted by Crippen LogP contribution is 2.27. The van der Waals surface area contributed by atoms with Crippen LogP contribution in [0, 0.1) is 11.8 Å². The van der Waals surface area contributed by atoms with E-state index in [0.29, 0.717) is 17.7 Å². The van der Waals surface area contributed by atoms with Crippen molar-refractivity contribution in [2.24, 2.45) is 22.6 Å². The molecule has 1 aromatic carbocycles. The number of piperidine rings is 1. The van der Waals surface area contributed by atoms with Crippen molar-refractivity contribution < 1.29 is 0 Å². The average Bonchev–Trinajstić information content (AvgIpc) is 2.63. The summed E-state index contributed by atoms with van der Waals surface area (Å²) >= 11 is 0. The van der Waals surface area contributed by atoms with E-state index < -0.39 is 0 Å². The third kappa shape index (κ3) is 4.37. The molecule has 1 aromatic rings. The van der Waals surface area contributed by atoms with Gasteiger partial charge in [0.2, 0.25) is 0 Å². The van der Waals surface area contributed by atoms with Gasteiger partial charge in [-0.05, 0) is 36.7 Å². The second-order valence-corrected chi connectivity index (χ2v) is 7.54. The minimum atomic E-state index is 0.396. The SMILES string of the molecule is C=C(N1CCCC(Cc2ccccc2)C1)N1C=CN=C(N)/C1=C/C(C)C. The molecular formula is C22H30N4. The van der Waals surface area contributed by atoms with Gasteiger partial charge in [-0.2, -0.15) is 0 Å². The third-order valence-electron chi connectivity index (χ3n) is 4.97. The summed E-state index contributed by atoms with van der Waals surface area (Å²) in [4.78, 5) is 8.74. The van der Waals surface area contributed by atoms with Crippen LogP contribution < -0.4 is 5.73 Å². The highest BCUT2D eigenvalue weighted by molar-refractivity contribution is 5.97. The highest BCUT2D eigenvalue weighted by atomic mass is 15.3. The Morgan fingerprint density at radius 2 is 2.12 bits per heavy atom. The van der Waals surface area contributed by atoms with Crippen molar-refractivity contribution >= 4 is 5.84 Å². The van der Waals surface area contributed by atoms with Crippen molar-refractivity contribution in [2.75, 3.05) is 13.1 Å². The first kappa shape index (κ1) is 18.3.